The van der Waals surface area contributed by atoms with Crippen molar-refractivity contribution in [1.82, 2.24) is 0 Å². The van der Waals surface area contributed by atoms with Crippen molar-refractivity contribution in [2.24, 2.45) is 0 Å². The molecule has 0 radical (unpaired) electrons. The molecule has 1 aromatic carbocycles. The summed E-state index contributed by atoms with van der Waals surface area (Å²) in [5.74, 6) is -0.163. The lowest BCUT2D eigenvalue weighted by atomic mass is 9.80. The van der Waals surface area contributed by atoms with Gasteiger partial charge in [-0.3, -0.25) is 4.55 Å². The molecule has 116 valence electrons. The average Bonchev–Trinajstić information content (AvgIpc) is 2.54. The van der Waals surface area contributed by atoms with Crippen LogP contribution in [-0.4, -0.2) is 35.6 Å². The summed E-state index contributed by atoms with van der Waals surface area (Å²) in [6.07, 6.45) is 1.21. The Bertz CT molecular complexity index is 687. The fraction of sp³-hybridized carbons (Fsp3) is 0.562. The second-order valence-corrected chi connectivity index (χ2v) is 7.90. The Morgan fingerprint density at radius 1 is 1.19 bits per heavy atom. The quantitative estimate of drug-likeness (QED) is 0.516. The molecule has 0 aliphatic carbocycles. The van der Waals surface area contributed by atoms with Gasteiger partial charge in [0.05, 0.1) is 11.2 Å². The third kappa shape index (κ3) is 3.19. The number of aryl methyl sites for hydroxylation is 1. The normalized spacial score (nSPS) is 17.2. The molecule has 4 nitrogen and oxygen atoms in total. The number of rotatable bonds is 5. The fourth-order valence-electron chi connectivity index (χ4n) is 3.23. The van der Waals surface area contributed by atoms with Gasteiger partial charge >= 0.3 is 0 Å². The first kappa shape index (κ1) is 16.2. The molecule has 21 heavy (non-hydrogen) atoms. The highest BCUT2D eigenvalue weighted by Crippen LogP contribution is 2.41. The Hall–Kier alpha value is -1.20. The first-order valence-corrected chi connectivity index (χ1v) is 8.92. The molecule has 1 heterocycles. The second-order valence-electron chi connectivity index (χ2n) is 6.32. The number of unbranched alkanes of at least 4 members (excludes halogenated alkanes) is 1. The minimum absolute atomic E-state index is 0.00370. The molecule has 0 atom stereocenters. The predicted molar refractivity (Wildman–Crippen MR) is 85.3 cm³/mol. The van der Waals surface area contributed by atoms with Gasteiger partial charge in [-0.05, 0) is 32.8 Å². The number of hydrogen-bond donors (Lipinski definition) is 1. The number of nitrogens with zero attached hydrogens (tertiary/aromatic N) is 1. The summed E-state index contributed by atoms with van der Waals surface area (Å²) in [5.41, 5.74) is 5.17. The van der Waals surface area contributed by atoms with Gasteiger partial charge in [0.25, 0.3) is 10.1 Å². The Kier molecular flexibility index (Phi) is 4.26. The van der Waals surface area contributed by atoms with Crippen molar-refractivity contribution < 1.29 is 17.5 Å². The largest absolute Gasteiger partial charge is 0.286 e. The molecule has 0 saturated carbocycles. The van der Waals surface area contributed by atoms with Crippen LogP contribution in [0.4, 0.5) is 5.69 Å². The van der Waals surface area contributed by atoms with Crippen molar-refractivity contribution in [1.29, 1.82) is 0 Å². The highest BCUT2D eigenvalue weighted by atomic mass is 32.2. The second kappa shape index (κ2) is 5.54. The summed E-state index contributed by atoms with van der Waals surface area (Å²) >= 11 is 0. The summed E-state index contributed by atoms with van der Waals surface area (Å²) in [4.78, 5) is 0. The molecule has 1 aliphatic heterocycles. The van der Waals surface area contributed by atoms with Crippen LogP contribution in [-0.2, 0) is 15.5 Å². The van der Waals surface area contributed by atoms with Gasteiger partial charge in [0.15, 0.2) is 5.71 Å². The van der Waals surface area contributed by atoms with E-state index >= 15 is 0 Å². The SMILES string of the molecule is CC1=[N+](CCCCS(=O)(=O)O)c2cccc(C)c2C1(C)C. The lowest BCUT2D eigenvalue weighted by Crippen LogP contribution is -2.27. The molecule has 0 bridgehead atoms. The van der Waals surface area contributed by atoms with E-state index in [9.17, 15) is 8.42 Å². The van der Waals surface area contributed by atoms with Gasteiger partial charge < -0.3 is 0 Å². The molecule has 0 aromatic heterocycles. The lowest BCUT2D eigenvalue weighted by Gasteiger charge is -2.16. The van der Waals surface area contributed by atoms with Crippen LogP contribution in [0.3, 0.4) is 0 Å². The molecule has 0 fully saturated rings. The van der Waals surface area contributed by atoms with Crippen LogP contribution >= 0.6 is 0 Å². The Balaban J connectivity index is 2.21. The maximum absolute atomic E-state index is 10.8. The molecule has 2 rings (SSSR count). The van der Waals surface area contributed by atoms with E-state index in [4.69, 9.17) is 4.55 Å². The van der Waals surface area contributed by atoms with Gasteiger partial charge in [-0.1, -0.05) is 12.1 Å². The van der Waals surface area contributed by atoms with Crippen molar-refractivity contribution in [3.05, 3.63) is 29.3 Å². The standard InChI is InChI=1S/C16H23NO3S/c1-12-8-7-9-14-15(12)16(3,4)13(2)17(14)10-5-6-11-21(18,19)20/h7-9H,5-6,10-11H2,1-4H3/p+1. The van der Waals surface area contributed by atoms with E-state index < -0.39 is 10.1 Å². The summed E-state index contributed by atoms with van der Waals surface area (Å²) in [5, 5.41) is 0. The summed E-state index contributed by atoms with van der Waals surface area (Å²) in [7, 11) is -3.85. The van der Waals surface area contributed by atoms with Crippen molar-refractivity contribution in [2.45, 2.75) is 46.0 Å². The Morgan fingerprint density at radius 2 is 1.86 bits per heavy atom. The van der Waals surface area contributed by atoms with Gasteiger partial charge in [0.2, 0.25) is 5.69 Å². The van der Waals surface area contributed by atoms with Crippen LogP contribution in [0, 0.1) is 6.92 Å². The van der Waals surface area contributed by atoms with Crippen LogP contribution in [0.5, 0.6) is 0 Å². The van der Waals surface area contributed by atoms with Crippen LogP contribution in [0.1, 0.15) is 44.7 Å². The lowest BCUT2D eigenvalue weighted by molar-refractivity contribution is -0.439. The molecule has 1 N–H and O–H groups in total. The smallest absolute Gasteiger partial charge is 0.264 e. The van der Waals surface area contributed by atoms with Crippen molar-refractivity contribution >= 4 is 21.5 Å². The third-order valence-corrected chi connectivity index (χ3v) is 5.31. The maximum Gasteiger partial charge on any atom is 0.264 e. The zero-order valence-electron chi connectivity index (χ0n) is 13.2. The fourth-order valence-corrected chi connectivity index (χ4v) is 3.80. The molecule has 0 saturated heterocycles. The molecule has 0 amide bonds. The van der Waals surface area contributed by atoms with E-state index in [0.717, 1.165) is 13.0 Å². The molecule has 1 aliphatic rings. The summed E-state index contributed by atoms with van der Waals surface area (Å²) < 4.78 is 32.6. The zero-order chi connectivity index (χ0) is 15.8. The topological polar surface area (TPSA) is 57.4 Å². The molecule has 1 aromatic rings. The van der Waals surface area contributed by atoms with Crippen molar-refractivity contribution in [2.75, 3.05) is 12.3 Å². The van der Waals surface area contributed by atoms with Crippen LogP contribution < -0.4 is 0 Å². The summed E-state index contributed by atoms with van der Waals surface area (Å²) in [6, 6.07) is 6.33. The van der Waals surface area contributed by atoms with Gasteiger partial charge in [-0.15, -0.1) is 0 Å². The minimum atomic E-state index is -3.85. The van der Waals surface area contributed by atoms with E-state index in [2.05, 4.69) is 50.5 Å². The Labute approximate surface area is 127 Å². The number of benzene rings is 1. The van der Waals surface area contributed by atoms with Crippen molar-refractivity contribution in [3.8, 4) is 0 Å². The van der Waals surface area contributed by atoms with Gasteiger partial charge in [-0.25, -0.2) is 0 Å². The van der Waals surface area contributed by atoms with Crippen molar-refractivity contribution in [3.63, 3.8) is 0 Å². The van der Waals surface area contributed by atoms with Crippen LogP contribution in [0.2, 0.25) is 0 Å². The van der Waals surface area contributed by atoms with Gasteiger partial charge in [0, 0.05) is 25.0 Å². The van der Waals surface area contributed by atoms with Crippen LogP contribution in [0.25, 0.3) is 0 Å². The van der Waals surface area contributed by atoms with E-state index in [1.165, 1.54) is 22.5 Å². The van der Waals surface area contributed by atoms with E-state index in [1.807, 2.05) is 0 Å². The predicted octanol–water partition coefficient (Wildman–Crippen LogP) is 3.06. The average molecular weight is 310 g/mol. The summed E-state index contributed by atoms with van der Waals surface area (Å²) in [6.45, 7) is 9.51. The first-order valence-electron chi connectivity index (χ1n) is 7.31. The monoisotopic (exact) mass is 310 g/mol. The van der Waals surface area contributed by atoms with E-state index in [-0.39, 0.29) is 11.2 Å². The highest BCUT2D eigenvalue weighted by Gasteiger charge is 2.43. The molecule has 0 unspecified atom stereocenters. The first-order chi connectivity index (χ1) is 9.64. The highest BCUT2D eigenvalue weighted by molar-refractivity contribution is 7.85. The van der Waals surface area contributed by atoms with E-state index in [1.54, 1.807) is 0 Å². The maximum atomic E-state index is 10.8. The molecule has 0 spiro atoms. The molecular weight excluding hydrogens is 286 g/mol. The molecule has 5 heteroatoms. The van der Waals surface area contributed by atoms with E-state index in [0.29, 0.717) is 6.42 Å². The van der Waals surface area contributed by atoms with Gasteiger partial charge in [0.1, 0.15) is 6.54 Å². The zero-order valence-corrected chi connectivity index (χ0v) is 14.0. The Morgan fingerprint density at radius 3 is 2.48 bits per heavy atom. The van der Waals surface area contributed by atoms with Gasteiger partial charge in [-0.2, -0.15) is 13.0 Å². The minimum Gasteiger partial charge on any atom is -0.286 e. The number of hydrogen-bond acceptors (Lipinski definition) is 2. The molecular formula is C16H24NO3S+. The third-order valence-electron chi connectivity index (χ3n) is 4.51. The number of fused-ring (bicyclic) bond motifs is 1. The van der Waals surface area contributed by atoms with Crippen LogP contribution in [0.15, 0.2) is 18.2 Å².